The van der Waals surface area contributed by atoms with E-state index in [0.717, 1.165) is 38.5 Å². The van der Waals surface area contributed by atoms with Crippen LogP contribution in [0, 0.1) is 50.2 Å². The van der Waals surface area contributed by atoms with Crippen molar-refractivity contribution >= 4 is 24.0 Å². The molecule has 0 aromatic heterocycles. The molecule has 0 amide bonds. The molecule has 0 bridgehead atoms. The van der Waals surface area contributed by atoms with Gasteiger partial charge in [-0.1, -0.05) is 66.2 Å². The Bertz CT molecular complexity index is 1610. The molecule has 50 heavy (non-hydrogen) atoms. The van der Waals surface area contributed by atoms with Gasteiger partial charge in [-0.25, -0.2) is 4.79 Å². The largest absolute Gasteiger partial charge is 0.462 e. The summed E-state index contributed by atoms with van der Waals surface area (Å²) in [6.45, 7) is 20.2. The number of hydrogen-bond acceptors (Lipinski definition) is 7. The van der Waals surface area contributed by atoms with Gasteiger partial charge in [0.15, 0.2) is 11.5 Å². The highest BCUT2D eigenvalue weighted by Gasteiger charge is 2.68. The molecule has 0 spiro atoms. The maximum Gasteiger partial charge on any atom is 0.330 e. The van der Waals surface area contributed by atoms with E-state index in [1.807, 2.05) is 0 Å². The monoisotopic (exact) mass is 688 g/mol. The van der Waals surface area contributed by atoms with E-state index in [2.05, 4.69) is 54.5 Å². The molecular formula is C43H60O7. The molecule has 7 heteroatoms. The van der Waals surface area contributed by atoms with Crippen molar-refractivity contribution in [3.63, 3.8) is 0 Å². The Morgan fingerprint density at radius 3 is 2.22 bits per heavy atom. The highest BCUT2D eigenvalue weighted by molar-refractivity contribution is 5.87. The molecule has 0 saturated heterocycles. The summed E-state index contributed by atoms with van der Waals surface area (Å²) in [7, 11) is 0. The van der Waals surface area contributed by atoms with E-state index in [0.29, 0.717) is 29.9 Å². The summed E-state index contributed by atoms with van der Waals surface area (Å²) in [5.74, 6) is 0.404. The highest BCUT2D eigenvalue weighted by atomic mass is 16.6. The Kier molecular flexibility index (Phi) is 9.31. The van der Waals surface area contributed by atoms with Crippen LogP contribution in [-0.4, -0.2) is 35.7 Å². The van der Waals surface area contributed by atoms with Gasteiger partial charge in [0.2, 0.25) is 0 Å². The minimum absolute atomic E-state index is 0.0507. The van der Waals surface area contributed by atoms with Crippen molar-refractivity contribution in [3.05, 3.63) is 41.5 Å². The SMILES string of the molecule is CC(=O)Oc1ccc(/C=C/C(=O)OC[C@@]2(C)CC[C@]3(C)CC[C@@]4(C)C(=CCC5[C@@]6(C)CC[C@H](O)C(C)(C)C6CC[C@]54C)C3C2)cc1OC(C)=O. The lowest BCUT2D eigenvalue weighted by molar-refractivity contribution is -0.203. The number of aliphatic hydroxyl groups is 1. The van der Waals surface area contributed by atoms with Crippen molar-refractivity contribution in [2.75, 3.05) is 6.61 Å². The van der Waals surface area contributed by atoms with Crippen molar-refractivity contribution in [1.29, 1.82) is 0 Å². The standard InChI is InChI=1S/C43H60O7/c1-27(44)49-32-13-10-29(24-33(32)50-28(2)45)11-15-37(47)48-26-39(5)20-21-40(6)22-23-42(8)30(31(40)25-39)12-14-35-41(7)18-17-36(46)38(3,4)34(41)16-19-43(35,42)9/h10-13,15,24,31,34-36,46H,14,16-23,25-26H2,1-9H3/b15-11+/t31?,34?,35?,36-,39-,40+,41-,42-,43+/m0/s1. The number of fused-ring (bicyclic) bond motifs is 7. The summed E-state index contributed by atoms with van der Waals surface area (Å²) in [5.41, 5.74) is 2.98. The van der Waals surface area contributed by atoms with Crippen molar-refractivity contribution in [1.82, 2.24) is 0 Å². The molecule has 1 aromatic carbocycles. The fourth-order valence-corrected chi connectivity index (χ4v) is 12.1. The molecule has 6 rings (SSSR count). The number of carbonyl (C=O) groups is 3. The van der Waals surface area contributed by atoms with E-state index >= 15 is 0 Å². The summed E-state index contributed by atoms with van der Waals surface area (Å²) in [6, 6.07) is 4.78. The Morgan fingerprint density at radius 1 is 0.840 bits per heavy atom. The van der Waals surface area contributed by atoms with Crippen LogP contribution in [0.2, 0.25) is 0 Å². The van der Waals surface area contributed by atoms with E-state index in [1.165, 1.54) is 51.7 Å². The van der Waals surface area contributed by atoms with Crippen LogP contribution in [0.3, 0.4) is 0 Å². The third kappa shape index (κ3) is 6.07. The second-order valence-corrected chi connectivity index (χ2v) is 18.7. The Labute approximate surface area is 299 Å². The number of hydrogen-bond donors (Lipinski definition) is 1. The van der Waals surface area contributed by atoms with E-state index in [1.54, 1.807) is 23.8 Å². The molecule has 0 heterocycles. The van der Waals surface area contributed by atoms with Crippen LogP contribution >= 0.6 is 0 Å². The smallest absolute Gasteiger partial charge is 0.330 e. The average Bonchev–Trinajstić information content (AvgIpc) is 3.03. The minimum Gasteiger partial charge on any atom is -0.462 e. The molecule has 5 aliphatic rings. The van der Waals surface area contributed by atoms with Gasteiger partial charge in [-0.3, -0.25) is 9.59 Å². The first kappa shape index (κ1) is 36.8. The summed E-state index contributed by atoms with van der Waals surface area (Å²) in [4.78, 5) is 36.1. The molecule has 274 valence electrons. The van der Waals surface area contributed by atoms with Crippen LogP contribution in [0.4, 0.5) is 0 Å². The second-order valence-electron chi connectivity index (χ2n) is 18.7. The van der Waals surface area contributed by atoms with Crippen LogP contribution < -0.4 is 9.47 Å². The predicted octanol–water partition coefficient (Wildman–Crippen LogP) is 9.26. The Hall–Kier alpha value is -2.93. The van der Waals surface area contributed by atoms with Crippen molar-refractivity contribution in [2.24, 2.45) is 50.2 Å². The third-order valence-electron chi connectivity index (χ3n) is 15.4. The van der Waals surface area contributed by atoms with Crippen LogP contribution in [0.25, 0.3) is 6.08 Å². The summed E-state index contributed by atoms with van der Waals surface area (Å²) in [6.07, 6.45) is 16.7. The number of rotatable bonds is 6. The van der Waals surface area contributed by atoms with Crippen molar-refractivity contribution in [3.8, 4) is 11.5 Å². The van der Waals surface area contributed by atoms with Crippen molar-refractivity contribution in [2.45, 2.75) is 133 Å². The molecule has 1 N–H and O–H groups in total. The van der Waals surface area contributed by atoms with Gasteiger partial charge < -0.3 is 19.3 Å². The Morgan fingerprint density at radius 2 is 1.52 bits per heavy atom. The zero-order valence-electron chi connectivity index (χ0n) is 31.9. The van der Waals surface area contributed by atoms with Gasteiger partial charge in [-0.15, -0.1) is 0 Å². The Balaban J connectivity index is 1.17. The molecular weight excluding hydrogens is 628 g/mol. The number of ether oxygens (including phenoxy) is 3. The molecule has 1 aromatic rings. The maximum absolute atomic E-state index is 13.0. The quantitative estimate of drug-likeness (QED) is 0.138. The predicted molar refractivity (Wildman–Crippen MR) is 194 cm³/mol. The van der Waals surface area contributed by atoms with E-state index in [9.17, 15) is 19.5 Å². The lowest BCUT2D eigenvalue weighted by Crippen LogP contribution is -2.64. The van der Waals surface area contributed by atoms with Gasteiger partial charge in [0.25, 0.3) is 0 Å². The summed E-state index contributed by atoms with van der Waals surface area (Å²) in [5, 5.41) is 11.0. The number of benzene rings is 1. The number of carbonyl (C=O) groups excluding carboxylic acids is 3. The highest BCUT2D eigenvalue weighted by Crippen LogP contribution is 2.75. The summed E-state index contributed by atoms with van der Waals surface area (Å²) >= 11 is 0. The molecule has 0 aliphatic heterocycles. The van der Waals surface area contributed by atoms with Crippen LogP contribution in [0.1, 0.15) is 132 Å². The fourth-order valence-electron chi connectivity index (χ4n) is 12.1. The van der Waals surface area contributed by atoms with Gasteiger partial charge in [-0.2, -0.15) is 0 Å². The van der Waals surface area contributed by atoms with Crippen LogP contribution in [0.5, 0.6) is 11.5 Å². The molecule has 7 nitrogen and oxygen atoms in total. The molecule has 0 radical (unpaired) electrons. The topological polar surface area (TPSA) is 99.1 Å². The van der Waals surface area contributed by atoms with E-state index in [4.69, 9.17) is 14.2 Å². The first-order chi connectivity index (χ1) is 23.3. The maximum atomic E-state index is 13.0. The zero-order valence-corrected chi connectivity index (χ0v) is 31.9. The van der Waals surface area contributed by atoms with E-state index in [-0.39, 0.29) is 50.1 Å². The van der Waals surface area contributed by atoms with Crippen LogP contribution in [-0.2, 0) is 19.1 Å². The first-order valence-corrected chi connectivity index (χ1v) is 19.0. The molecule has 3 unspecified atom stereocenters. The van der Waals surface area contributed by atoms with Crippen LogP contribution in [0.15, 0.2) is 35.9 Å². The molecule has 4 saturated carbocycles. The third-order valence-corrected chi connectivity index (χ3v) is 15.4. The van der Waals surface area contributed by atoms with E-state index < -0.39 is 17.9 Å². The van der Waals surface area contributed by atoms with Gasteiger partial charge in [0.1, 0.15) is 0 Å². The lowest BCUT2D eigenvalue weighted by Gasteiger charge is -2.71. The zero-order chi connectivity index (χ0) is 36.5. The van der Waals surface area contributed by atoms with Crippen molar-refractivity contribution < 1.29 is 33.7 Å². The fraction of sp³-hybridized carbons (Fsp3) is 0.698. The van der Waals surface area contributed by atoms with Gasteiger partial charge in [0.05, 0.1) is 12.7 Å². The first-order valence-electron chi connectivity index (χ1n) is 19.0. The minimum atomic E-state index is -0.539. The number of esters is 3. The van der Waals surface area contributed by atoms with Gasteiger partial charge in [-0.05, 0) is 133 Å². The van der Waals surface area contributed by atoms with Gasteiger partial charge in [0, 0.05) is 25.3 Å². The number of allylic oxidation sites excluding steroid dienone is 2. The lowest BCUT2D eigenvalue weighted by atomic mass is 9.33. The number of aliphatic hydroxyl groups excluding tert-OH is 1. The average molecular weight is 689 g/mol. The summed E-state index contributed by atoms with van der Waals surface area (Å²) < 4.78 is 16.3. The molecule has 9 atom stereocenters. The molecule has 5 aliphatic carbocycles. The molecule has 4 fully saturated rings. The second kappa shape index (κ2) is 12.6. The normalized spacial score (nSPS) is 40.3. The van der Waals surface area contributed by atoms with Gasteiger partial charge >= 0.3 is 17.9 Å².